The molecule has 2 heteroatoms. The monoisotopic (exact) mass is 274 g/mol. The number of nitrogens with zero attached hydrogens (tertiary/aromatic N) is 1. The summed E-state index contributed by atoms with van der Waals surface area (Å²) in [4.78, 5) is 2.79. The van der Waals surface area contributed by atoms with Crippen molar-refractivity contribution in [3.63, 3.8) is 0 Å². The Morgan fingerprint density at radius 3 is 2.60 bits per heavy atom. The molecule has 2 nitrogen and oxygen atoms in total. The van der Waals surface area contributed by atoms with Crippen molar-refractivity contribution in [1.29, 1.82) is 0 Å². The molecule has 5 rings (SSSR count). The second-order valence-corrected chi connectivity index (χ2v) is 8.64. The number of nitrogens with one attached hydrogen (secondary N) is 1. The summed E-state index contributed by atoms with van der Waals surface area (Å²) in [6.45, 7) is 3.79. The normalized spacial score (nSPS) is 54.8. The van der Waals surface area contributed by atoms with Gasteiger partial charge in [0.15, 0.2) is 0 Å². The zero-order valence-electron chi connectivity index (χ0n) is 12.9. The molecule has 5 fully saturated rings. The highest BCUT2D eigenvalue weighted by molar-refractivity contribution is 5.07. The molecule has 0 aromatic heterocycles. The molecule has 2 bridgehead atoms. The van der Waals surface area contributed by atoms with E-state index in [-0.39, 0.29) is 0 Å². The largest absolute Gasteiger partial charge is 0.310 e. The molecule has 20 heavy (non-hydrogen) atoms. The lowest BCUT2D eigenvalue weighted by Gasteiger charge is -2.34. The van der Waals surface area contributed by atoms with Crippen LogP contribution in [0.25, 0.3) is 0 Å². The molecular weight excluding hydrogens is 244 g/mol. The van der Waals surface area contributed by atoms with Crippen LogP contribution in [0.3, 0.4) is 0 Å². The first-order valence-electron chi connectivity index (χ1n) is 9.31. The summed E-state index contributed by atoms with van der Waals surface area (Å²) < 4.78 is 0. The van der Waals surface area contributed by atoms with Crippen molar-refractivity contribution >= 4 is 0 Å². The van der Waals surface area contributed by atoms with E-state index < -0.39 is 0 Å². The minimum atomic E-state index is 0.801. The van der Waals surface area contributed by atoms with Crippen LogP contribution in [-0.4, -0.2) is 35.6 Å². The van der Waals surface area contributed by atoms with Crippen LogP contribution in [0, 0.1) is 23.7 Å². The molecule has 112 valence electrons. The molecule has 0 amide bonds. The van der Waals surface area contributed by atoms with Gasteiger partial charge >= 0.3 is 0 Å². The minimum Gasteiger partial charge on any atom is -0.310 e. The maximum Gasteiger partial charge on any atom is 0.0212 e. The lowest BCUT2D eigenvalue weighted by Crippen LogP contribution is -2.45. The van der Waals surface area contributed by atoms with Gasteiger partial charge in [-0.05, 0) is 75.5 Å². The van der Waals surface area contributed by atoms with Crippen molar-refractivity contribution < 1.29 is 0 Å². The maximum atomic E-state index is 4.12. The maximum absolute atomic E-state index is 4.12. The summed E-state index contributed by atoms with van der Waals surface area (Å²) in [5.41, 5.74) is 0. The predicted octanol–water partition coefficient (Wildman–Crippen LogP) is 3.03. The van der Waals surface area contributed by atoms with Crippen LogP contribution < -0.4 is 5.32 Å². The number of fused-ring (bicyclic) bond motifs is 5. The van der Waals surface area contributed by atoms with E-state index >= 15 is 0 Å². The summed E-state index contributed by atoms with van der Waals surface area (Å²) in [6.07, 6.45) is 12.1. The van der Waals surface area contributed by atoms with E-state index in [2.05, 4.69) is 17.1 Å². The first-order valence-corrected chi connectivity index (χ1v) is 9.31. The summed E-state index contributed by atoms with van der Waals surface area (Å²) in [6, 6.07) is 3.47. The summed E-state index contributed by atoms with van der Waals surface area (Å²) >= 11 is 0. The zero-order valence-corrected chi connectivity index (χ0v) is 12.9. The third-order valence-electron chi connectivity index (χ3n) is 7.52. The molecule has 1 aliphatic heterocycles. The Bertz CT molecular complexity index is 391. The van der Waals surface area contributed by atoms with Gasteiger partial charge in [-0.2, -0.15) is 0 Å². The molecule has 0 radical (unpaired) electrons. The van der Waals surface area contributed by atoms with Crippen LogP contribution in [0.4, 0.5) is 0 Å². The van der Waals surface area contributed by atoms with E-state index in [0.717, 1.165) is 47.8 Å². The lowest BCUT2D eigenvalue weighted by atomic mass is 9.79. The molecule has 0 aromatic carbocycles. The lowest BCUT2D eigenvalue weighted by molar-refractivity contribution is 0.195. The Morgan fingerprint density at radius 2 is 1.75 bits per heavy atom. The van der Waals surface area contributed by atoms with Gasteiger partial charge < -0.3 is 5.32 Å². The van der Waals surface area contributed by atoms with Crippen LogP contribution in [0.2, 0.25) is 0 Å². The smallest absolute Gasteiger partial charge is 0.0212 e. The first-order chi connectivity index (χ1) is 9.79. The molecule has 4 aliphatic carbocycles. The van der Waals surface area contributed by atoms with Gasteiger partial charge in [-0.15, -0.1) is 0 Å². The van der Waals surface area contributed by atoms with Gasteiger partial charge in [-0.3, -0.25) is 4.90 Å². The topological polar surface area (TPSA) is 15.3 Å². The highest BCUT2D eigenvalue weighted by atomic mass is 15.3. The molecule has 1 heterocycles. The number of hydrogen-bond acceptors (Lipinski definition) is 2. The Labute approximate surface area is 123 Å². The fourth-order valence-electron chi connectivity index (χ4n) is 6.65. The second-order valence-electron chi connectivity index (χ2n) is 8.64. The number of hydrogen-bond donors (Lipinski definition) is 1. The fourth-order valence-corrected chi connectivity index (χ4v) is 6.65. The van der Waals surface area contributed by atoms with E-state index in [1.54, 1.807) is 19.3 Å². The molecule has 7 atom stereocenters. The molecule has 0 spiro atoms. The van der Waals surface area contributed by atoms with Gasteiger partial charge in [-0.25, -0.2) is 0 Å². The van der Waals surface area contributed by atoms with Crippen molar-refractivity contribution in [1.82, 2.24) is 10.2 Å². The minimum absolute atomic E-state index is 0.801. The molecular formula is C18H30N2. The number of likely N-dealkylation sites (tertiary alicyclic amines) is 1. The van der Waals surface area contributed by atoms with E-state index in [0.29, 0.717) is 0 Å². The molecule has 5 aliphatic rings. The van der Waals surface area contributed by atoms with Crippen molar-refractivity contribution in [2.75, 3.05) is 6.54 Å². The quantitative estimate of drug-likeness (QED) is 0.851. The Hall–Kier alpha value is -0.0800. The summed E-state index contributed by atoms with van der Waals surface area (Å²) in [5, 5.41) is 4.12. The molecule has 1 N–H and O–H groups in total. The molecule has 4 saturated carbocycles. The Balaban J connectivity index is 1.23. The third kappa shape index (κ3) is 1.83. The molecule has 7 unspecified atom stereocenters. The predicted molar refractivity (Wildman–Crippen MR) is 81.6 cm³/mol. The van der Waals surface area contributed by atoms with E-state index in [4.69, 9.17) is 0 Å². The van der Waals surface area contributed by atoms with Crippen LogP contribution in [-0.2, 0) is 0 Å². The van der Waals surface area contributed by atoms with Crippen LogP contribution in [0.15, 0.2) is 0 Å². The van der Waals surface area contributed by atoms with Crippen molar-refractivity contribution in [2.24, 2.45) is 23.7 Å². The highest BCUT2D eigenvalue weighted by Gasteiger charge is 2.54. The second kappa shape index (κ2) is 4.46. The van der Waals surface area contributed by atoms with Crippen molar-refractivity contribution in [2.45, 2.75) is 82.5 Å². The zero-order chi connectivity index (χ0) is 13.3. The third-order valence-corrected chi connectivity index (χ3v) is 7.52. The van der Waals surface area contributed by atoms with Crippen molar-refractivity contribution in [3.8, 4) is 0 Å². The van der Waals surface area contributed by atoms with Crippen LogP contribution >= 0.6 is 0 Å². The average molecular weight is 274 g/mol. The van der Waals surface area contributed by atoms with Crippen molar-refractivity contribution in [3.05, 3.63) is 0 Å². The van der Waals surface area contributed by atoms with E-state index in [9.17, 15) is 0 Å². The van der Waals surface area contributed by atoms with Crippen LogP contribution in [0.5, 0.6) is 0 Å². The fraction of sp³-hybridized carbons (Fsp3) is 1.00. The van der Waals surface area contributed by atoms with Gasteiger partial charge in [0.2, 0.25) is 0 Å². The summed E-state index contributed by atoms with van der Waals surface area (Å²) in [7, 11) is 0. The average Bonchev–Trinajstić information content (AvgIpc) is 2.79. The van der Waals surface area contributed by atoms with Gasteiger partial charge in [-0.1, -0.05) is 6.42 Å². The van der Waals surface area contributed by atoms with E-state index in [1.165, 1.54) is 38.6 Å². The summed E-state index contributed by atoms with van der Waals surface area (Å²) in [5.74, 6) is 4.41. The molecule has 0 aromatic rings. The van der Waals surface area contributed by atoms with Gasteiger partial charge in [0, 0.05) is 30.7 Å². The Morgan fingerprint density at radius 1 is 0.900 bits per heavy atom. The standard InChI is InChI=1S/C18H30N2/c1-11-7-13(10-20(11)14-5-6-14)19-18-9-12-8-17(18)16-4-2-3-15(12)16/h11-19H,2-10H2,1H3. The van der Waals surface area contributed by atoms with Gasteiger partial charge in [0.1, 0.15) is 0 Å². The van der Waals surface area contributed by atoms with Crippen LogP contribution in [0.1, 0.15) is 58.3 Å². The highest BCUT2D eigenvalue weighted by Crippen LogP contribution is 2.58. The number of rotatable bonds is 3. The van der Waals surface area contributed by atoms with Gasteiger partial charge in [0.05, 0.1) is 0 Å². The van der Waals surface area contributed by atoms with Gasteiger partial charge in [0.25, 0.3) is 0 Å². The SMILES string of the molecule is CC1CC(NC2CC3CC2C2CCCC32)CN1C1CC1. The Kier molecular flexibility index (Phi) is 2.78. The van der Waals surface area contributed by atoms with E-state index in [1.807, 2.05) is 0 Å². The molecule has 1 saturated heterocycles. The first kappa shape index (κ1) is 12.5.